The van der Waals surface area contributed by atoms with Crippen LogP contribution in [0.15, 0.2) is 30.3 Å². The molecule has 2 aliphatic heterocycles. The van der Waals surface area contributed by atoms with E-state index in [0.717, 1.165) is 19.6 Å². The van der Waals surface area contributed by atoms with Crippen molar-refractivity contribution in [3.8, 4) is 0 Å². The number of aliphatic hydroxyl groups excluding tert-OH is 1. The smallest absolute Gasteiger partial charge is 0.121 e. The average molecular weight is 205 g/mol. The minimum absolute atomic E-state index is 0.189. The van der Waals surface area contributed by atoms with Crippen LogP contribution < -0.4 is 4.90 Å². The number of hydrogen-bond donors (Lipinski definition) is 1. The summed E-state index contributed by atoms with van der Waals surface area (Å²) in [6, 6.07) is 10.2. The lowest BCUT2D eigenvalue weighted by Gasteiger charge is -2.35. The van der Waals surface area contributed by atoms with Gasteiger partial charge in [0.2, 0.25) is 0 Å². The van der Waals surface area contributed by atoms with Gasteiger partial charge in [0.1, 0.15) is 11.7 Å². The Morgan fingerprint density at radius 2 is 2.07 bits per heavy atom. The first-order chi connectivity index (χ1) is 7.30. The van der Waals surface area contributed by atoms with Crippen molar-refractivity contribution in [1.82, 2.24) is 0 Å². The summed E-state index contributed by atoms with van der Waals surface area (Å²) in [6.45, 7) is 2.39. The molecule has 15 heavy (non-hydrogen) atoms. The van der Waals surface area contributed by atoms with E-state index in [1.54, 1.807) is 0 Å². The van der Waals surface area contributed by atoms with Crippen molar-refractivity contribution < 1.29 is 9.84 Å². The second kappa shape index (κ2) is 3.22. The molecule has 1 N–H and O–H groups in total. The van der Waals surface area contributed by atoms with Crippen LogP contribution in [0.3, 0.4) is 0 Å². The highest BCUT2D eigenvalue weighted by molar-refractivity contribution is 5.47. The van der Waals surface area contributed by atoms with Gasteiger partial charge in [-0.2, -0.15) is 0 Å². The number of nitrogens with zero attached hydrogens (tertiary/aromatic N) is 1. The van der Waals surface area contributed by atoms with Crippen LogP contribution >= 0.6 is 0 Å². The predicted molar refractivity (Wildman–Crippen MR) is 58.0 cm³/mol. The molecule has 2 heterocycles. The van der Waals surface area contributed by atoms with Gasteiger partial charge < -0.3 is 14.7 Å². The van der Waals surface area contributed by atoms with Crippen LogP contribution in [0.2, 0.25) is 0 Å². The highest BCUT2D eigenvalue weighted by Crippen LogP contribution is 2.39. The molecule has 2 aliphatic rings. The quantitative estimate of drug-likeness (QED) is 0.695. The molecule has 1 aromatic carbocycles. The molecule has 0 amide bonds. The summed E-state index contributed by atoms with van der Waals surface area (Å²) in [5, 5.41) is 9.96. The Hall–Kier alpha value is -1.06. The van der Waals surface area contributed by atoms with Crippen molar-refractivity contribution in [2.75, 3.05) is 24.6 Å². The molecule has 0 aliphatic carbocycles. The Morgan fingerprint density at radius 1 is 1.33 bits per heavy atom. The lowest BCUT2D eigenvalue weighted by atomic mass is 9.94. The van der Waals surface area contributed by atoms with E-state index in [0.29, 0.717) is 6.54 Å². The number of aliphatic hydroxyl groups is 1. The van der Waals surface area contributed by atoms with Gasteiger partial charge in [-0.1, -0.05) is 18.2 Å². The van der Waals surface area contributed by atoms with Gasteiger partial charge in [-0.15, -0.1) is 0 Å². The molecular formula is C12H15NO2. The molecule has 0 saturated carbocycles. The molecule has 0 aromatic heterocycles. The largest absolute Gasteiger partial charge is 0.388 e. The second-order valence-electron chi connectivity index (χ2n) is 4.40. The highest BCUT2D eigenvalue weighted by atomic mass is 16.6. The molecule has 0 bridgehead atoms. The number of epoxide rings is 1. The number of rotatable bonds is 1. The fourth-order valence-corrected chi connectivity index (χ4v) is 2.26. The molecule has 1 spiro atoms. The van der Waals surface area contributed by atoms with E-state index in [-0.39, 0.29) is 11.7 Å². The van der Waals surface area contributed by atoms with E-state index in [4.69, 9.17) is 4.74 Å². The second-order valence-corrected chi connectivity index (χ2v) is 4.40. The Labute approximate surface area is 89.3 Å². The third-order valence-corrected chi connectivity index (χ3v) is 3.44. The number of benzene rings is 1. The van der Waals surface area contributed by atoms with Gasteiger partial charge in [0, 0.05) is 18.8 Å². The topological polar surface area (TPSA) is 36.0 Å². The van der Waals surface area contributed by atoms with Gasteiger partial charge in [0.25, 0.3) is 0 Å². The zero-order valence-corrected chi connectivity index (χ0v) is 8.60. The number of anilines is 1. The monoisotopic (exact) mass is 205 g/mol. The van der Waals surface area contributed by atoms with Crippen LogP contribution in [0, 0.1) is 0 Å². The summed E-state index contributed by atoms with van der Waals surface area (Å²) in [6.07, 6.45) is 0.592. The maximum Gasteiger partial charge on any atom is 0.121 e. The van der Waals surface area contributed by atoms with E-state index < -0.39 is 0 Å². The third-order valence-electron chi connectivity index (χ3n) is 3.44. The first-order valence-corrected chi connectivity index (χ1v) is 5.42. The van der Waals surface area contributed by atoms with Crippen molar-refractivity contribution in [2.24, 2.45) is 0 Å². The van der Waals surface area contributed by atoms with Gasteiger partial charge >= 0.3 is 0 Å². The van der Waals surface area contributed by atoms with E-state index in [2.05, 4.69) is 17.0 Å². The van der Waals surface area contributed by atoms with Crippen LogP contribution in [-0.2, 0) is 4.74 Å². The Balaban J connectivity index is 1.75. The molecular weight excluding hydrogens is 190 g/mol. The predicted octanol–water partition coefficient (Wildman–Crippen LogP) is 1.03. The Bertz CT molecular complexity index is 348. The van der Waals surface area contributed by atoms with Gasteiger partial charge in [-0.25, -0.2) is 0 Å². The molecule has 3 heteroatoms. The van der Waals surface area contributed by atoms with Crippen LogP contribution in [-0.4, -0.2) is 36.5 Å². The normalized spacial score (nSPS) is 34.5. The average Bonchev–Trinajstić information content (AvgIpc) is 3.05. The molecule has 2 fully saturated rings. The van der Waals surface area contributed by atoms with Crippen LogP contribution in [0.4, 0.5) is 5.69 Å². The van der Waals surface area contributed by atoms with Crippen molar-refractivity contribution in [3.05, 3.63) is 30.3 Å². The number of β-amino-alcohol motifs (C(OH)–C–C–N with tert-alkyl or cyclic N) is 1. The van der Waals surface area contributed by atoms with Crippen LogP contribution in [0.25, 0.3) is 0 Å². The molecule has 3 nitrogen and oxygen atoms in total. The minimum atomic E-state index is -0.341. The SMILES string of the molecule is OC1CN(c2ccccc2)CCC12CO2. The summed E-state index contributed by atoms with van der Waals surface area (Å²) >= 11 is 0. The molecule has 0 radical (unpaired) electrons. The molecule has 1 aromatic rings. The Kier molecular flexibility index (Phi) is 1.97. The first-order valence-electron chi connectivity index (χ1n) is 5.42. The van der Waals surface area contributed by atoms with Crippen LogP contribution in [0.1, 0.15) is 6.42 Å². The summed E-state index contributed by atoms with van der Waals surface area (Å²) < 4.78 is 5.36. The number of piperidine rings is 1. The lowest BCUT2D eigenvalue weighted by Crippen LogP contribution is -2.49. The zero-order valence-electron chi connectivity index (χ0n) is 8.60. The lowest BCUT2D eigenvalue weighted by molar-refractivity contribution is 0.0611. The fourth-order valence-electron chi connectivity index (χ4n) is 2.26. The summed E-state index contributed by atoms with van der Waals surface area (Å²) in [4.78, 5) is 2.22. The summed E-state index contributed by atoms with van der Waals surface area (Å²) in [7, 11) is 0. The van der Waals surface area contributed by atoms with Gasteiger partial charge in [-0.3, -0.25) is 0 Å². The summed E-state index contributed by atoms with van der Waals surface area (Å²) in [5.41, 5.74) is 0.998. The van der Waals surface area contributed by atoms with Gasteiger partial charge in [0.05, 0.1) is 6.61 Å². The van der Waals surface area contributed by atoms with E-state index >= 15 is 0 Å². The standard InChI is InChI=1S/C12H15NO2/c14-11-8-13(7-6-12(11)9-15-12)10-4-2-1-3-5-10/h1-5,11,14H,6-9H2. The number of hydrogen-bond acceptors (Lipinski definition) is 3. The fraction of sp³-hybridized carbons (Fsp3) is 0.500. The molecule has 2 unspecified atom stereocenters. The van der Waals surface area contributed by atoms with Crippen molar-refractivity contribution in [1.29, 1.82) is 0 Å². The third kappa shape index (κ3) is 1.52. The number of ether oxygens (including phenoxy) is 1. The van der Waals surface area contributed by atoms with E-state index in [1.165, 1.54) is 5.69 Å². The van der Waals surface area contributed by atoms with Crippen molar-refractivity contribution >= 4 is 5.69 Å². The first kappa shape index (κ1) is 9.19. The van der Waals surface area contributed by atoms with Crippen molar-refractivity contribution in [3.63, 3.8) is 0 Å². The van der Waals surface area contributed by atoms with Gasteiger partial charge in [0.15, 0.2) is 0 Å². The Morgan fingerprint density at radius 3 is 2.67 bits per heavy atom. The molecule has 80 valence electrons. The minimum Gasteiger partial charge on any atom is -0.388 e. The zero-order chi connectivity index (χ0) is 10.3. The maximum absolute atomic E-state index is 9.96. The van der Waals surface area contributed by atoms with Gasteiger partial charge in [-0.05, 0) is 18.6 Å². The molecule has 2 saturated heterocycles. The summed E-state index contributed by atoms with van der Waals surface area (Å²) in [5.74, 6) is 0. The van der Waals surface area contributed by atoms with E-state index in [9.17, 15) is 5.11 Å². The number of para-hydroxylation sites is 1. The molecule has 3 rings (SSSR count). The maximum atomic E-state index is 9.96. The highest BCUT2D eigenvalue weighted by Gasteiger charge is 2.53. The van der Waals surface area contributed by atoms with Crippen molar-refractivity contribution in [2.45, 2.75) is 18.1 Å². The molecule has 2 atom stereocenters. The van der Waals surface area contributed by atoms with E-state index in [1.807, 2.05) is 18.2 Å². The van der Waals surface area contributed by atoms with Crippen LogP contribution in [0.5, 0.6) is 0 Å².